The van der Waals surface area contributed by atoms with Crippen LogP contribution in [0, 0.1) is 23.7 Å². The maximum absolute atomic E-state index is 15.3. The number of Topliss-reactive ketones (excluding diaryl/α,β-unsaturated/α-hetero) is 4. The van der Waals surface area contributed by atoms with Gasteiger partial charge in [0.2, 0.25) is 0 Å². The van der Waals surface area contributed by atoms with Gasteiger partial charge in [0, 0.05) is 54.1 Å². The second kappa shape index (κ2) is 22.1. The Labute approximate surface area is 490 Å². The number of methoxy groups -OCH3 is 5. The highest BCUT2D eigenvalue weighted by Gasteiger charge is 2.56. The van der Waals surface area contributed by atoms with Crippen LogP contribution in [0.3, 0.4) is 0 Å². The van der Waals surface area contributed by atoms with Gasteiger partial charge < -0.3 is 78.0 Å². The van der Waals surface area contributed by atoms with Crippen molar-refractivity contribution in [1.82, 2.24) is 0 Å². The predicted molar refractivity (Wildman–Crippen MR) is 303 cm³/mol. The molecule has 4 aliphatic heterocycles. The number of carbonyl (C=O) groups is 4. The molecule has 0 bridgehead atoms. The largest absolute Gasteiger partial charge is 0.508 e. The number of aromatic hydroxyl groups is 6. The molecule has 0 amide bonds. The topological polar surface area (TPSA) is 282 Å². The van der Waals surface area contributed by atoms with Crippen molar-refractivity contribution < 1.29 is 97.2 Å². The molecule has 0 saturated heterocycles. The number of rotatable bonds is 14. The van der Waals surface area contributed by atoms with Gasteiger partial charge in [0.1, 0.15) is 145 Å². The van der Waals surface area contributed by atoms with E-state index in [9.17, 15) is 30.6 Å². The Balaban J connectivity index is 0.900. The predicted octanol–water partition coefficient (Wildman–Crippen LogP) is 10.7. The summed E-state index contributed by atoms with van der Waals surface area (Å²) in [7, 11) is 7.23. The Bertz CT molecular complexity index is 4030. The summed E-state index contributed by atoms with van der Waals surface area (Å²) in [4.78, 5) is 60.7. The Morgan fingerprint density at radius 3 is 1.00 bits per heavy atom. The monoisotopic (exact) mass is 1170 g/mol. The number of phenols is 6. The van der Waals surface area contributed by atoms with E-state index in [-0.39, 0.29) is 63.4 Å². The highest BCUT2D eigenvalue weighted by atomic mass is 16.5. The Morgan fingerprint density at radius 1 is 0.337 bits per heavy atom. The second-order valence-electron chi connectivity index (χ2n) is 20.9. The molecule has 0 saturated carbocycles. The lowest BCUT2D eigenvalue weighted by molar-refractivity contribution is 0.0129. The van der Waals surface area contributed by atoms with Crippen LogP contribution in [0.2, 0.25) is 0 Å². The minimum absolute atomic E-state index is 0.00136. The van der Waals surface area contributed by atoms with E-state index in [4.69, 9.17) is 47.4 Å². The van der Waals surface area contributed by atoms with Crippen molar-refractivity contribution in [2.24, 2.45) is 23.7 Å². The molecule has 12 rings (SSSR count). The summed E-state index contributed by atoms with van der Waals surface area (Å²) < 4.78 is 60.2. The van der Waals surface area contributed by atoms with E-state index in [1.807, 2.05) is 0 Å². The zero-order chi connectivity index (χ0) is 60.4. The lowest BCUT2D eigenvalue weighted by atomic mass is 9.69. The van der Waals surface area contributed by atoms with Crippen LogP contribution in [0.25, 0.3) is 0 Å². The quantitative estimate of drug-likeness (QED) is 0.0590. The van der Waals surface area contributed by atoms with Gasteiger partial charge in [-0.1, -0.05) is 42.5 Å². The van der Waals surface area contributed by atoms with Gasteiger partial charge in [0.05, 0.1) is 59.2 Å². The number of fused-ring (bicyclic) bond motifs is 4. The summed E-state index contributed by atoms with van der Waals surface area (Å²) >= 11 is 0. The summed E-state index contributed by atoms with van der Waals surface area (Å²) in [6.07, 6.45) is -4.98. The number of ketones is 4. The van der Waals surface area contributed by atoms with Gasteiger partial charge in [0.15, 0.2) is 23.1 Å². The molecule has 438 valence electrons. The summed E-state index contributed by atoms with van der Waals surface area (Å²) in [5.41, 5.74) is 1.10. The van der Waals surface area contributed by atoms with Gasteiger partial charge in [-0.15, -0.1) is 0 Å². The molecule has 0 aromatic heterocycles. The summed E-state index contributed by atoms with van der Waals surface area (Å²) in [6, 6.07) is 34.6. The lowest BCUT2D eigenvalue weighted by Gasteiger charge is -2.42. The Hall–Kier alpha value is -10.8. The lowest BCUT2D eigenvalue weighted by Crippen LogP contribution is -2.45. The summed E-state index contributed by atoms with van der Waals surface area (Å²) in [5.74, 6) is -9.61. The minimum Gasteiger partial charge on any atom is -0.508 e. The third-order valence-corrected chi connectivity index (χ3v) is 16.1. The number of benzene rings is 8. The van der Waals surface area contributed by atoms with Crippen molar-refractivity contribution in [3.8, 4) is 92.0 Å². The molecule has 8 atom stereocenters. The first kappa shape index (κ1) is 55.8. The fraction of sp³-hybridized carbons (Fsp3) is 0.212. The summed E-state index contributed by atoms with van der Waals surface area (Å²) in [6.45, 7) is -0.180. The van der Waals surface area contributed by atoms with Crippen LogP contribution >= 0.6 is 0 Å². The maximum Gasteiger partial charge on any atom is 0.178 e. The van der Waals surface area contributed by atoms with E-state index >= 15 is 19.2 Å². The molecule has 0 aliphatic carbocycles. The van der Waals surface area contributed by atoms with E-state index in [1.165, 1.54) is 71.9 Å². The zero-order valence-corrected chi connectivity index (χ0v) is 46.5. The second-order valence-corrected chi connectivity index (χ2v) is 20.9. The highest BCUT2D eigenvalue weighted by molar-refractivity contribution is 6.12. The minimum atomic E-state index is -1.47. The van der Waals surface area contributed by atoms with Crippen LogP contribution in [0.5, 0.6) is 92.0 Å². The van der Waals surface area contributed by atoms with Gasteiger partial charge in [-0.25, -0.2) is 0 Å². The molecule has 20 nitrogen and oxygen atoms in total. The molecule has 6 N–H and O–H groups in total. The normalized spacial score (nSPS) is 20.9. The molecule has 20 heteroatoms. The standard InChI is InChI=1S/C66H54O20/c1-77-37-13-6-30(7-14-37)64-56(61(75)53-44(71)25-40(79-3)27-49(53)85-64)55-59(73)51-42(69)21-35(67)23-47(51)83-63(55)32-10-17-39(18-11-32)82-29-34-20-33(12-19-46(34)81-5)66-58(60(74)52-43(70)22-36(68)24-48(52)84-66)57-62(76)54-45(72)26-41(80-4)28-50(54)86-65(57)31-8-15-38(78-2)16-9-31/h6-28,55-58,63-72H,29H2,1-5H3/t55?,56-,57-,58?,63+,64+,65+,66+/m1/s1. The number of ether oxygens (including phenoxy) is 10. The highest BCUT2D eigenvalue weighted by Crippen LogP contribution is 2.57. The van der Waals surface area contributed by atoms with Gasteiger partial charge >= 0.3 is 0 Å². The molecular weight excluding hydrogens is 1110 g/mol. The first-order chi connectivity index (χ1) is 41.5. The van der Waals surface area contributed by atoms with Crippen molar-refractivity contribution in [1.29, 1.82) is 0 Å². The van der Waals surface area contributed by atoms with Crippen LogP contribution in [0.4, 0.5) is 0 Å². The fourth-order valence-electron chi connectivity index (χ4n) is 12.1. The van der Waals surface area contributed by atoms with E-state index in [1.54, 1.807) is 91.0 Å². The van der Waals surface area contributed by atoms with Crippen molar-refractivity contribution in [3.63, 3.8) is 0 Å². The smallest absolute Gasteiger partial charge is 0.178 e. The van der Waals surface area contributed by atoms with Crippen molar-refractivity contribution in [3.05, 3.63) is 190 Å². The zero-order valence-electron chi connectivity index (χ0n) is 46.5. The molecule has 8 aromatic rings. The van der Waals surface area contributed by atoms with Gasteiger partial charge in [-0.05, 0) is 70.8 Å². The van der Waals surface area contributed by atoms with Crippen LogP contribution < -0.4 is 47.4 Å². The van der Waals surface area contributed by atoms with Gasteiger partial charge in [-0.3, -0.25) is 19.2 Å². The van der Waals surface area contributed by atoms with E-state index in [2.05, 4.69) is 0 Å². The molecular formula is C66H54O20. The number of hydrogen-bond donors (Lipinski definition) is 6. The third kappa shape index (κ3) is 9.63. The molecule has 4 heterocycles. The summed E-state index contributed by atoms with van der Waals surface area (Å²) in [5, 5.41) is 66.4. The van der Waals surface area contributed by atoms with E-state index < -0.39 is 106 Å². The fourth-order valence-corrected chi connectivity index (χ4v) is 12.1. The molecule has 0 fully saturated rings. The maximum atomic E-state index is 15.3. The molecule has 2 unspecified atom stereocenters. The molecule has 4 aliphatic rings. The van der Waals surface area contributed by atoms with Crippen LogP contribution in [0.15, 0.2) is 140 Å². The average molecular weight is 1170 g/mol. The van der Waals surface area contributed by atoms with E-state index in [0.717, 1.165) is 12.1 Å². The van der Waals surface area contributed by atoms with Gasteiger partial charge in [0.25, 0.3) is 0 Å². The van der Waals surface area contributed by atoms with E-state index in [0.29, 0.717) is 50.8 Å². The first-order valence-corrected chi connectivity index (χ1v) is 27.0. The molecule has 86 heavy (non-hydrogen) atoms. The average Bonchev–Trinajstić information content (AvgIpc) is 1.02. The Kier molecular flexibility index (Phi) is 14.3. The molecule has 8 aromatic carbocycles. The van der Waals surface area contributed by atoms with Crippen molar-refractivity contribution in [2.75, 3.05) is 35.5 Å². The first-order valence-electron chi connectivity index (χ1n) is 27.0. The Morgan fingerprint density at radius 2 is 0.651 bits per heavy atom. The number of phenolic OH excluding ortho intramolecular Hbond substituents is 6. The molecule has 0 radical (unpaired) electrons. The van der Waals surface area contributed by atoms with Crippen LogP contribution in [-0.2, 0) is 6.61 Å². The van der Waals surface area contributed by atoms with Crippen LogP contribution in [0.1, 0.15) is 93.7 Å². The van der Waals surface area contributed by atoms with Crippen molar-refractivity contribution in [2.45, 2.75) is 31.0 Å². The molecule has 0 spiro atoms. The number of hydrogen-bond acceptors (Lipinski definition) is 20. The SMILES string of the molecule is COc1ccc([C@@H]2Oc3cc(OC)cc(O)c3C(=O)[C@H]2C2C(=O)c3c(O)cc(O)cc3O[C@H]2c2ccc(OCc3cc([C@@H]4Oc5cc(O)cc(O)c5C(=O)C4[C@@H]4C(=O)c5c(O)cc(OC)cc5O[C@H]4c4ccc(OC)cc4)ccc3OC)cc2)cc1. The van der Waals surface area contributed by atoms with Gasteiger partial charge in [-0.2, -0.15) is 0 Å². The van der Waals surface area contributed by atoms with Crippen molar-refractivity contribution >= 4 is 23.1 Å². The van der Waals surface area contributed by atoms with Crippen LogP contribution in [-0.4, -0.2) is 89.3 Å². The number of carbonyl (C=O) groups excluding carboxylic acids is 4. The third-order valence-electron chi connectivity index (χ3n) is 16.1.